The quantitative estimate of drug-likeness (QED) is 0.190. The second-order valence-electron chi connectivity index (χ2n) is 14.2. The van der Waals surface area contributed by atoms with Gasteiger partial charge in [0, 0.05) is 23.4 Å². The van der Waals surface area contributed by atoms with Gasteiger partial charge in [-0.3, -0.25) is 4.99 Å². The van der Waals surface area contributed by atoms with E-state index in [1.807, 2.05) is 18.3 Å². The summed E-state index contributed by atoms with van der Waals surface area (Å²) in [6, 6.07) is 28.3. The second-order valence-corrected chi connectivity index (χ2v) is 14.2. The van der Waals surface area contributed by atoms with Gasteiger partial charge in [0.15, 0.2) is 0 Å². The van der Waals surface area contributed by atoms with Crippen LogP contribution in [0.3, 0.4) is 0 Å². The van der Waals surface area contributed by atoms with Crippen LogP contribution in [0.1, 0.15) is 96.0 Å². The molecule has 0 N–H and O–H groups in total. The van der Waals surface area contributed by atoms with Crippen molar-refractivity contribution in [1.82, 2.24) is 4.98 Å². The molecule has 0 unspecified atom stereocenters. The Morgan fingerprint density at radius 3 is 2.34 bits per heavy atom. The molecule has 1 aromatic heterocycles. The first-order chi connectivity index (χ1) is 20.2. The van der Waals surface area contributed by atoms with E-state index in [2.05, 4.69) is 128 Å². The molecule has 0 amide bonds. The number of benzene rings is 3. The number of pyridine rings is 1. The van der Waals surface area contributed by atoms with Crippen LogP contribution in [-0.2, 0) is 36.6 Å². The molecule has 230 valence electrons. The number of para-hydroxylation sites is 1. The Morgan fingerprint density at radius 2 is 1.66 bits per heavy atom. The fourth-order valence-electron chi connectivity index (χ4n) is 5.82. The van der Waals surface area contributed by atoms with Crippen LogP contribution in [0, 0.1) is 12.1 Å². The monoisotopic (exact) mass is 766 g/mol. The largest absolute Gasteiger partial charge is 2.00 e. The molecule has 0 atom stereocenters. The number of aromatic nitrogens is 1. The molecule has 0 bridgehead atoms. The number of rotatable bonds is 5. The minimum Gasteiger partial charge on any atom is -0.518 e. The van der Waals surface area contributed by atoms with E-state index in [-0.39, 0.29) is 37.4 Å². The molecular weight excluding hydrogens is 726 g/mol. The van der Waals surface area contributed by atoms with E-state index in [1.54, 1.807) is 0 Å². The van der Waals surface area contributed by atoms with Gasteiger partial charge in [-0.15, -0.1) is 29.3 Å². The van der Waals surface area contributed by atoms with Gasteiger partial charge in [0.1, 0.15) is 18.3 Å². The van der Waals surface area contributed by atoms with Crippen LogP contribution in [0.5, 0.6) is 11.5 Å². The number of hydrogen-bond acceptors (Lipinski definition) is 5. The number of ether oxygens (including phenoxy) is 2. The van der Waals surface area contributed by atoms with E-state index >= 15 is 0 Å². The first kappa shape index (κ1) is 32.0. The molecule has 0 spiro atoms. The predicted molar refractivity (Wildman–Crippen MR) is 175 cm³/mol. The molecule has 0 radical (unpaired) electrons. The van der Waals surface area contributed by atoms with Crippen LogP contribution < -0.4 is 9.64 Å². The third-order valence-electron chi connectivity index (χ3n) is 8.40. The number of nitrogens with zero attached hydrogens (tertiary/aromatic N) is 3. The topological polar surface area (TPSA) is 47.0 Å². The molecule has 0 saturated carbocycles. The number of fused-ring (bicyclic) bond motifs is 2. The second kappa shape index (κ2) is 11.5. The summed E-state index contributed by atoms with van der Waals surface area (Å²) in [4.78, 5) is 11.9. The Hall–Kier alpha value is -3.43. The Labute approximate surface area is 277 Å². The maximum Gasteiger partial charge on any atom is 2.00 e. The summed E-state index contributed by atoms with van der Waals surface area (Å²) in [5.41, 5.74) is 7.11. The molecule has 3 aromatic carbocycles. The Balaban J connectivity index is 0.00000384. The molecule has 2 aliphatic rings. The van der Waals surface area contributed by atoms with E-state index in [4.69, 9.17) is 19.5 Å². The predicted octanol–water partition coefficient (Wildman–Crippen LogP) is 9.56. The summed E-state index contributed by atoms with van der Waals surface area (Å²) < 4.78 is 12.5. The fourth-order valence-corrected chi connectivity index (χ4v) is 5.82. The molecule has 0 saturated heterocycles. The summed E-state index contributed by atoms with van der Waals surface area (Å²) in [7, 11) is 0. The minimum absolute atomic E-state index is 0. The van der Waals surface area contributed by atoms with E-state index in [1.165, 1.54) is 11.1 Å². The third-order valence-corrected chi connectivity index (χ3v) is 8.40. The van der Waals surface area contributed by atoms with Crippen molar-refractivity contribution in [3.8, 4) is 11.5 Å². The molecule has 3 heterocycles. The molecule has 4 aromatic rings. The van der Waals surface area contributed by atoms with Crippen molar-refractivity contribution in [2.45, 2.75) is 84.6 Å². The van der Waals surface area contributed by atoms with Crippen molar-refractivity contribution < 1.29 is 30.5 Å². The Bertz CT molecular complexity index is 1730. The zero-order valence-electron chi connectivity index (χ0n) is 27.1. The average Bonchev–Trinajstić information content (AvgIpc) is 3.32. The van der Waals surface area contributed by atoms with E-state index < -0.39 is 0 Å². The van der Waals surface area contributed by atoms with Crippen molar-refractivity contribution >= 4 is 23.1 Å². The van der Waals surface area contributed by atoms with E-state index in [0.29, 0.717) is 29.9 Å². The SMILES string of the molecule is CC(C)c1cc(Oc2[c-]c3c(cc2)C(C)(C)c2ccccc2N3c2cc(C(C)(C)C)ccn2)[c-]c(C2=NC(C)(C)CO2)c1.[Pt+2]. The molecule has 6 heteroatoms. The van der Waals surface area contributed by atoms with Crippen LogP contribution in [0.2, 0.25) is 0 Å². The van der Waals surface area contributed by atoms with Gasteiger partial charge >= 0.3 is 21.1 Å². The van der Waals surface area contributed by atoms with Crippen molar-refractivity contribution in [3.63, 3.8) is 0 Å². The van der Waals surface area contributed by atoms with Gasteiger partial charge in [-0.1, -0.05) is 90.0 Å². The average molecular weight is 767 g/mol. The first-order valence-electron chi connectivity index (χ1n) is 15.1. The van der Waals surface area contributed by atoms with Crippen molar-refractivity contribution in [3.05, 3.63) is 107 Å². The normalized spacial score (nSPS) is 16.4. The fraction of sp³-hybridized carbons (Fsp3) is 0.368. The van der Waals surface area contributed by atoms with Crippen molar-refractivity contribution in [2.75, 3.05) is 11.5 Å². The number of aliphatic imine (C=N–C) groups is 1. The molecule has 6 rings (SSSR count). The Kier molecular flexibility index (Phi) is 8.35. The molecule has 0 fully saturated rings. The molecule has 0 aliphatic carbocycles. The van der Waals surface area contributed by atoms with Gasteiger partial charge in [-0.05, 0) is 59.9 Å². The Morgan fingerprint density at radius 1 is 0.909 bits per heavy atom. The van der Waals surface area contributed by atoms with Crippen LogP contribution >= 0.6 is 0 Å². The first-order valence-corrected chi connectivity index (χ1v) is 15.1. The molecule has 44 heavy (non-hydrogen) atoms. The standard InChI is InChI=1S/C38H41N3O2.Pt/c1-24(2)25-18-26(35-40-37(6,7)23-42-35)20-29(19-25)43-28-14-15-31-33(22-28)41(32-13-11-10-12-30(32)38(31,8)9)34-21-27(16-17-39-34)36(3,4)5;/h10-19,21,24H,23H2,1-9H3;/q-2;+2. The zero-order chi connectivity index (χ0) is 30.7. The minimum atomic E-state index is -0.255. The van der Waals surface area contributed by atoms with E-state index in [0.717, 1.165) is 33.9 Å². The molecule has 5 nitrogen and oxygen atoms in total. The van der Waals surface area contributed by atoms with Gasteiger partial charge < -0.3 is 14.4 Å². The van der Waals surface area contributed by atoms with Gasteiger partial charge in [-0.2, -0.15) is 6.07 Å². The summed E-state index contributed by atoms with van der Waals surface area (Å²) in [6.45, 7) is 20.3. The molecule has 2 aliphatic heterocycles. The molecular formula is C38H41N3O2Pt. The van der Waals surface area contributed by atoms with Crippen LogP contribution in [0.4, 0.5) is 17.2 Å². The van der Waals surface area contributed by atoms with Gasteiger partial charge in [-0.25, -0.2) is 4.98 Å². The summed E-state index contributed by atoms with van der Waals surface area (Å²) in [6.07, 6.45) is 1.90. The maximum atomic E-state index is 6.54. The van der Waals surface area contributed by atoms with Crippen LogP contribution in [0.25, 0.3) is 0 Å². The maximum absolute atomic E-state index is 6.54. The zero-order valence-corrected chi connectivity index (χ0v) is 29.4. The number of anilines is 3. The van der Waals surface area contributed by atoms with Gasteiger partial charge in [0.2, 0.25) is 0 Å². The van der Waals surface area contributed by atoms with Crippen molar-refractivity contribution in [2.24, 2.45) is 4.99 Å². The van der Waals surface area contributed by atoms with Gasteiger partial charge in [0.25, 0.3) is 0 Å². The summed E-state index contributed by atoms with van der Waals surface area (Å²) >= 11 is 0. The summed E-state index contributed by atoms with van der Waals surface area (Å²) in [5.74, 6) is 3.00. The number of hydrogen-bond donors (Lipinski definition) is 0. The smallest absolute Gasteiger partial charge is 0.518 e. The van der Waals surface area contributed by atoms with E-state index in [9.17, 15) is 0 Å². The third kappa shape index (κ3) is 5.96. The van der Waals surface area contributed by atoms with Gasteiger partial charge in [0.05, 0.1) is 5.54 Å². The van der Waals surface area contributed by atoms with Crippen LogP contribution in [0.15, 0.2) is 71.9 Å². The summed E-state index contributed by atoms with van der Waals surface area (Å²) in [5, 5.41) is 0. The van der Waals surface area contributed by atoms with Crippen molar-refractivity contribution in [1.29, 1.82) is 0 Å². The van der Waals surface area contributed by atoms with Crippen LogP contribution in [-0.4, -0.2) is 23.0 Å².